The van der Waals surface area contributed by atoms with Crippen LogP contribution in [0.15, 0.2) is 35.4 Å². The molecule has 2 heterocycles. The van der Waals surface area contributed by atoms with Crippen LogP contribution >= 0.6 is 11.8 Å². The second-order valence-electron chi connectivity index (χ2n) is 7.34. The van der Waals surface area contributed by atoms with Gasteiger partial charge in [0.15, 0.2) is 0 Å². The van der Waals surface area contributed by atoms with Crippen LogP contribution in [0.3, 0.4) is 0 Å². The van der Waals surface area contributed by atoms with E-state index in [9.17, 15) is 0 Å². The molecule has 2 aliphatic heterocycles. The molecule has 0 aromatic heterocycles. The van der Waals surface area contributed by atoms with Gasteiger partial charge in [-0.3, -0.25) is 4.90 Å². The summed E-state index contributed by atoms with van der Waals surface area (Å²) < 4.78 is 6.22. The zero-order valence-corrected chi connectivity index (χ0v) is 16.0. The summed E-state index contributed by atoms with van der Waals surface area (Å²) in [4.78, 5) is 4.74. The first-order valence-corrected chi connectivity index (χ1v) is 9.64. The Labute approximate surface area is 150 Å². The van der Waals surface area contributed by atoms with Crippen LogP contribution in [0.2, 0.25) is 0 Å². The molecule has 1 aromatic rings. The minimum atomic E-state index is -0.220. The first-order valence-electron chi connectivity index (χ1n) is 8.60. The molecule has 24 heavy (non-hydrogen) atoms. The highest BCUT2D eigenvalue weighted by Crippen LogP contribution is 2.37. The number of benzene rings is 1. The highest BCUT2D eigenvalue weighted by atomic mass is 32.2. The standard InChI is InChI=1S/C19H29N3OS/c1-19(18-8-6-5-7-15(18)11-23-19)13-22(4)17(10-21(2)3)9-16-12-24-14-20-16/h5-8,12,17,20H,9-11,13-14H2,1-4H3. The van der Waals surface area contributed by atoms with Crippen molar-refractivity contribution in [2.45, 2.75) is 31.6 Å². The lowest BCUT2D eigenvalue weighted by molar-refractivity contribution is -0.0504. The van der Waals surface area contributed by atoms with Crippen LogP contribution in [0.25, 0.3) is 0 Å². The molecule has 0 radical (unpaired) electrons. The van der Waals surface area contributed by atoms with Crippen molar-refractivity contribution in [3.8, 4) is 0 Å². The SMILES string of the molecule is CN(C)CC(CC1=CSCN1)N(C)CC1(C)OCc2ccccc21. The third-order valence-electron chi connectivity index (χ3n) is 4.95. The Morgan fingerprint density at radius 2 is 2.08 bits per heavy atom. The van der Waals surface area contributed by atoms with Gasteiger partial charge in [-0.05, 0) is 44.6 Å². The van der Waals surface area contributed by atoms with E-state index < -0.39 is 0 Å². The average Bonchev–Trinajstić information content (AvgIpc) is 3.15. The van der Waals surface area contributed by atoms with Gasteiger partial charge in [0.1, 0.15) is 5.60 Å². The molecule has 0 aliphatic carbocycles. The maximum Gasteiger partial charge on any atom is 0.104 e. The molecule has 0 amide bonds. The van der Waals surface area contributed by atoms with E-state index in [-0.39, 0.29) is 5.60 Å². The molecule has 0 saturated carbocycles. The summed E-state index contributed by atoms with van der Waals surface area (Å²) in [6.07, 6.45) is 1.05. The van der Waals surface area contributed by atoms with Crippen molar-refractivity contribution < 1.29 is 4.74 Å². The van der Waals surface area contributed by atoms with Crippen molar-refractivity contribution in [2.75, 3.05) is 40.1 Å². The Balaban J connectivity index is 1.71. The molecule has 132 valence electrons. The van der Waals surface area contributed by atoms with Crippen LogP contribution in [-0.2, 0) is 16.9 Å². The molecule has 5 heteroatoms. The zero-order valence-electron chi connectivity index (χ0n) is 15.2. The number of rotatable bonds is 7. The second kappa shape index (κ2) is 7.48. The number of fused-ring (bicyclic) bond motifs is 1. The van der Waals surface area contributed by atoms with Crippen LogP contribution in [-0.4, -0.2) is 56.0 Å². The molecule has 0 bridgehead atoms. The number of thioether (sulfide) groups is 1. The van der Waals surface area contributed by atoms with Gasteiger partial charge in [-0.15, -0.1) is 11.8 Å². The molecular formula is C19H29N3OS. The average molecular weight is 348 g/mol. The summed E-state index contributed by atoms with van der Waals surface area (Å²) >= 11 is 1.85. The first kappa shape index (κ1) is 17.8. The van der Waals surface area contributed by atoms with E-state index in [0.29, 0.717) is 6.04 Å². The monoisotopic (exact) mass is 347 g/mol. The van der Waals surface area contributed by atoms with Gasteiger partial charge in [-0.1, -0.05) is 24.3 Å². The quantitative estimate of drug-likeness (QED) is 0.819. The number of hydrogen-bond acceptors (Lipinski definition) is 5. The van der Waals surface area contributed by atoms with E-state index >= 15 is 0 Å². The van der Waals surface area contributed by atoms with Crippen LogP contribution in [0.1, 0.15) is 24.5 Å². The van der Waals surface area contributed by atoms with Crippen LogP contribution in [0.4, 0.5) is 0 Å². The number of hydrogen-bond donors (Lipinski definition) is 1. The van der Waals surface area contributed by atoms with Crippen molar-refractivity contribution in [1.82, 2.24) is 15.1 Å². The summed E-state index contributed by atoms with van der Waals surface area (Å²) in [6, 6.07) is 9.08. The van der Waals surface area contributed by atoms with Gasteiger partial charge in [-0.2, -0.15) is 0 Å². The van der Waals surface area contributed by atoms with Crippen molar-refractivity contribution in [3.05, 3.63) is 46.5 Å². The fraction of sp³-hybridized carbons (Fsp3) is 0.579. The number of likely N-dealkylation sites (N-methyl/N-ethyl adjacent to an activating group) is 2. The minimum absolute atomic E-state index is 0.220. The number of nitrogens with one attached hydrogen (secondary N) is 1. The number of nitrogens with zero attached hydrogens (tertiary/aromatic N) is 2. The Kier molecular flexibility index (Phi) is 5.55. The van der Waals surface area contributed by atoms with Gasteiger partial charge in [0.2, 0.25) is 0 Å². The van der Waals surface area contributed by atoms with E-state index in [4.69, 9.17) is 4.74 Å². The van der Waals surface area contributed by atoms with E-state index in [1.54, 1.807) is 0 Å². The van der Waals surface area contributed by atoms with Gasteiger partial charge in [0.05, 0.1) is 12.5 Å². The van der Waals surface area contributed by atoms with Crippen molar-refractivity contribution >= 4 is 11.8 Å². The molecule has 1 N–H and O–H groups in total. The third-order valence-corrected chi connectivity index (χ3v) is 5.71. The van der Waals surface area contributed by atoms with Gasteiger partial charge >= 0.3 is 0 Å². The lowest BCUT2D eigenvalue weighted by Crippen LogP contribution is -2.46. The van der Waals surface area contributed by atoms with Gasteiger partial charge < -0.3 is 15.0 Å². The Morgan fingerprint density at radius 3 is 2.79 bits per heavy atom. The molecule has 2 unspecified atom stereocenters. The fourth-order valence-corrected chi connectivity index (χ4v) is 4.42. The molecule has 0 saturated heterocycles. The topological polar surface area (TPSA) is 27.7 Å². The molecule has 3 rings (SSSR count). The maximum atomic E-state index is 6.22. The summed E-state index contributed by atoms with van der Waals surface area (Å²) in [5, 5.41) is 5.75. The lowest BCUT2D eigenvalue weighted by Gasteiger charge is -2.36. The molecular weight excluding hydrogens is 318 g/mol. The Morgan fingerprint density at radius 1 is 1.29 bits per heavy atom. The fourth-order valence-electron chi connectivity index (χ4n) is 3.69. The lowest BCUT2D eigenvalue weighted by atomic mass is 9.93. The zero-order chi connectivity index (χ0) is 17.2. The van der Waals surface area contributed by atoms with Crippen molar-refractivity contribution in [1.29, 1.82) is 0 Å². The maximum absolute atomic E-state index is 6.22. The normalized spacial score (nSPS) is 24.2. The van der Waals surface area contributed by atoms with Gasteiger partial charge in [-0.25, -0.2) is 0 Å². The van der Waals surface area contributed by atoms with Crippen LogP contribution < -0.4 is 5.32 Å². The van der Waals surface area contributed by atoms with Crippen molar-refractivity contribution in [3.63, 3.8) is 0 Å². The first-order chi connectivity index (χ1) is 11.5. The molecule has 1 aromatic carbocycles. The molecule has 2 aliphatic rings. The summed E-state index contributed by atoms with van der Waals surface area (Å²) in [5.41, 5.74) is 3.81. The highest BCUT2D eigenvalue weighted by Gasteiger charge is 2.37. The minimum Gasteiger partial charge on any atom is -0.379 e. The number of ether oxygens (including phenoxy) is 1. The predicted octanol–water partition coefficient (Wildman–Crippen LogP) is 2.82. The molecule has 0 fully saturated rings. The van der Waals surface area contributed by atoms with Crippen molar-refractivity contribution in [2.24, 2.45) is 0 Å². The summed E-state index contributed by atoms with van der Waals surface area (Å²) in [7, 11) is 6.52. The third kappa shape index (κ3) is 3.97. The van der Waals surface area contributed by atoms with Gasteiger partial charge in [0.25, 0.3) is 0 Å². The highest BCUT2D eigenvalue weighted by molar-refractivity contribution is 8.02. The predicted molar refractivity (Wildman–Crippen MR) is 102 cm³/mol. The van der Waals surface area contributed by atoms with E-state index in [2.05, 4.69) is 72.9 Å². The van der Waals surface area contributed by atoms with Gasteiger partial charge in [0, 0.05) is 31.2 Å². The Hall–Kier alpha value is -1.01. The van der Waals surface area contributed by atoms with Crippen LogP contribution in [0, 0.1) is 0 Å². The van der Waals surface area contributed by atoms with E-state index in [0.717, 1.165) is 32.0 Å². The molecule has 2 atom stereocenters. The molecule has 0 spiro atoms. The van der Waals surface area contributed by atoms with E-state index in [1.807, 2.05) is 11.8 Å². The second-order valence-corrected chi connectivity index (χ2v) is 8.20. The smallest absolute Gasteiger partial charge is 0.104 e. The Bertz CT molecular complexity index is 604. The van der Waals surface area contributed by atoms with E-state index in [1.165, 1.54) is 16.8 Å². The largest absolute Gasteiger partial charge is 0.379 e. The summed E-state index contributed by atoms with van der Waals surface area (Å²) in [5.74, 6) is 1.00. The summed E-state index contributed by atoms with van der Waals surface area (Å²) in [6.45, 7) is 4.90. The van der Waals surface area contributed by atoms with Crippen LogP contribution in [0.5, 0.6) is 0 Å². The molecule has 4 nitrogen and oxygen atoms in total.